The van der Waals surface area contributed by atoms with Gasteiger partial charge in [0, 0.05) is 87.9 Å². The zero-order chi connectivity index (χ0) is 39.5. The quantitative estimate of drug-likeness (QED) is 0.148. The second-order valence-corrected chi connectivity index (χ2v) is 19.3. The summed E-state index contributed by atoms with van der Waals surface area (Å²) in [5.41, 5.74) is 5.34. The average molecular weight is 821 g/mol. The minimum Gasteiger partial charge on any atom is -0.412 e. The van der Waals surface area contributed by atoms with Crippen molar-refractivity contribution in [2.45, 2.75) is 62.3 Å². The molecular weight excluding hydrogens is 765 g/mol. The summed E-state index contributed by atoms with van der Waals surface area (Å²) in [6.45, 7) is 7.27. The fourth-order valence-electron chi connectivity index (χ4n) is 8.76. The molecule has 4 heterocycles. The van der Waals surface area contributed by atoms with E-state index < -0.39 is 32.3 Å². The monoisotopic (exact) mass is 820 g/mol. The molecule has 6 N–H and O–H groups in total. The topological polar surface area (TPSA) is 177 Å². The molecule has 308 valence electrons. The number of fused-ring (bicyclic) bond motifs is 4. The van der Waals surface area contributed by atoms with Crippen LogP contribution in [0.15, 0.2) is 109 Å². The minimum absolute atomic E-state index is 0. The number of anilines is 2. The predicted octanol–water partition coefficient (Wildman–Crippen LogP) is 3.28. The first-order valence-electron chi connectivity index (χ1n) is 19.3. The highest BCUT2D eigenvalue weighted by molar-refractivity contribution is 7.92. The third-order valence-corrected chi connectivity index (χ3v) is 12.6. The molecule has 4 aromatic carbocycles. The highest BCUT2D eigenvalue weighted by Crippen LogP contribution is 2.35. The van der Waals surface area contributed by atoms with Crippen molar-refractivity contribution >= 4 is 31.4 Å². The van der Waals surface area contributed by atoms with Gasteiger partial charge in [0.2, 0.25) is 20.0 Å². The third kappa shape index (κ3) is 11.6. The molecule has 0 spiro atoms. The molecule has 13 nitrogen and oxygen atoms in total. The number of β-amino-alcohol motifs (C(OH)–C–C–N with tert-alkyl or cyclic N) is 2. The van der Waals surface area contributed by atoms with E-state index in [1.54, 1.807) is 48.5 Å². The Morgan fingerprint density at radius 1 is 0.526 bits per heavy atom. The molecule has 4 aromatic rings. The van der Waals surface area contributed by atoms with Crippen LogP contribution in [0.2, 0.25) is 0 Å². The highest BCUT2D eigenvalue weighted by Gasteiger charge is 2.44. The van der Waals surface area contributed by atoms with Gasteiger partial charge in [-0.1, -0.05) is 84.9 Å². The zero-order valence-electron chi connectivity index (χ0n) is 32.6. The standard InChI is InChI=1S/2C21H27N3O3S.H2O/c2*1-28(26,27)22-18-9-7-17(8-10-18)21(25)15-24-14-19-11-20(24)13-23(19)12-16-5-3-2-4-6-16;/h2*2-10,19-22,25H,11-15H2,1H3;1H2. The number of piperazine rings is 2. The first-order chi connectivity index (χ1) is 26.7. The van der Waals surface area contributed by atoms with E-state index in [4.69, 9.17) is 0 Å². The first kappa shape index (κ1) is 42.7. The van der Waals surface area contributed by atoms with Gasteiger partial charge in [-0.15, -0.1) is 0 Å². The van der Waals surface area contributed by atoms with Gasteiger partial charge in [-0.3, -0.25) is 29.0 Å². The van der Waals surface area contributed by atoms with E-state index in [-0.39, 0.29) is 5.48 Å². The molecule has 8 rings (SSSR count). The Bertz CT molecular complexity index is 1960. The fourth-order valence-corrected chi connectivity index (χ4v) is 9.89. The highest BCUT2D eigenvalue weighted by atomic mass is 32.2. The molecule has 15 heteroatoms. The number of aliphatic hydroxyl groups is 2. The SMILES string of the molecule is CS(=O)(=O)Nc1ccc(C(O)CN2CC3CC2CN3Cc2ccccc2)cc1.CS(=O)(=O)Nc1ccc(C(O)CN2CC3CC2CN3Cc2ccccc2)cc1.O. The van der Waals surface area contributed by atoms with Crippen LogP contribution in [0.4, 0.5) is 11.4 Å². The fraction of sp³-hybridized carbons (Fsp3) is 0.429. The Kier molecular flexibility index (Phi) is 13.7. The molecule has 4 saturated heterocycles. The number of nitrogens with one attached hydrogen (secondary N) is 2. The van der Waals surface area contributed by atoms with Crippen molar-refractivity contribution < 1.29 is 32.5 Å². The van der Waals surface area contributed by atoms with Crippen LogP contribution >= 0.6 is 0 Å². The molecule has 0 aliphatic carbocycles. The Balaban J connectivity index is 0.000000189. The Labute approximate surface area is 337 Å². The Morgan fingerprint density at radius 3 is 1.14 bits per heavy atom. The van der Waals surface area contributed by atoms with Crippen molar-refractivity contribution in [3.8, 4) is 0 Å². The summed E-state index contributed by atoms with van der Waals surface area (Å²) in [7, 11) is -6.58. The van der Waals surface area contributed by atoms with Crippen molar-refractivity contribution in [2.24, 2.45) is 0 Å². The minimum atomic E-state index is -3.29. The second-order valence-electron chi connectivity index (χ2n) is 15.8. The van der Waals surface area contributed by atoms with Gasteiger partial charge in [-0.05, 0) is 59.4 Å². The summed E-state index contributed by atoms with van der Waals surface area (Å²) >= 11 is 0. The maximum atomic E-state index is 11.3. The summed E-state index contributed by atoms with van der Waals surface area (Å²) in [6.07, 6.45) is 3.43. The number of rotatable bonds is 14. The normalized spacial score (nSPS) is 23.4. The molecule has 4 aliphatic rings. The number of sulfonamides is 2. The molecule has 4 fully saturated rings. The third-order valence-electron chi connectivity index (χ3n) is 11.4. The summed E-state index contributed by atoms with van der Waals surface area (Å²) in [6, 6.07) is 37.2. The van der Waals surface area contributed by atoms with Crippen LogP contribution in [-0.4, -0.2) is 128 Å². The number of benzene rings is 4. The maximum Gasteiger partial charge on any atom is 0.229 e. The molecular formula is C42H56N6O7S2. The number of hydrogen-bond donors (Lipinski definition) is 4. The molecule has 4 bridgehead atoms. The van der Waals surface area contributed by atoms with Crippen LogP contribution in [0.1, 0.15) is 47.3 Å². The van der Waals surface area contributed by atoms with Crippen LogP contribution in [0, 0.1) is 0 Å². The number of hydrogen-bond acceptors (Lipinski definition) is 10. The molecule has 6 unspecified atom stereocenters. The van der Waals surface area contributed by atoms with Gasteiger partial charge in [-0.25, -0.2) is 16.8 Å². The van der Waals surface area contributed by atoms with Gasteiger partial charge in [0.1, 0.15) is 0 Å². The number of nitrogens with zero attached hydrogens (tertiary/aromatic N) is 4. The van der Waals surface area contributed by atoms with Crippen LogP contribution in [0.25, 0.3) is 0 Å². The smallest absolute Gasteiger partial charge is 0.229 e. The van der Waals surface area contributed by atoms with Crippen molar-refractivity contribution in [3.63, 3.8) is 0 Å². The van der Waals surface area contributed by atoms with E-state index in [9.17, 15) is 27.0 Å². The summed E-state index contributed by atoms with van der Waals surface area (Å²) in [5.74, 6) is 0. The maximum absolute atomic E-state index is 11.3. The van der Waals surface area contributed by atoms with Gasteiger partial charge in [0.15, 0.2) is 0 Å². The first-order valence-corrected chi connectivity index (χ1v) is 23.1. The van der Waals surface area contributed by atoms with E-state index in [1.165, 1.54) is 11.1 Å². The molecule has 0 aromatic heterocycles. The van der Waals surface area contributed by atoms with E-state index in [0.29, 0.717) is 48.6 Å². The lowest BCUT2D eigenvalue weighted by Crippen LogP contribution is -2.47. The van der Waals surface area contributed by atoms with E-state index in [2.05, 4.69) is 77.6 Å². The molecule has 6 atom stereocenters. The molecule has 0 amide bonds. The average Bonchev–Trinajstić information content (AvgIpc) is 3.94. The molecule has 0 radical (unpaired) electrons. The van der Waals surface area contributed by atoms with Crippen LogP contribution in [-0.2, 0) is 33.1 Å². The van der Waals surface area contributed by atoms with Crippen LogP contribution in [0.5, 0.6) is 0 Å². The van der Waals surface area contributed by atoms with E-state index >= 15 is 0 Å². The zero-order valence-corrected chi connectivity index (χ0v) is 34.2. The van der Waals surface area contributed by atoms with Crippen LogP contribution in [0.3, 0.4) is 0 Å². The molecule has 57 heavy (non-hydrogen) atoms. The molecule has 0 saturated carbocycles. The largest absolute Gasteiger partial charge is 0.412 e. The summed E-state index contributed by atoms with van der Waals surface area (Å²) in [5, 5.41) is 21.3. The van der Waals surface area contributed by atoms with Gasteiger partial charge >= 0.3 is 0 Å². The van der Waals surface area contributed by atoms with Gasteiger partial charge in [-0.2, -0.15) is 0 Å². The van der Waals surface area contributed by atoms with Crippen molar-refractivity contribution in [3.05, 3.63) is 131 Å². The van der Waals surface area contributed by atoms with Gasteiger partial charge in [0.25, 0.3) is 0 Å². The lowest BCUT2D eigenvalue weighted by molar-refractivity contribution is 0.0669. The van der Waals surface area contributed by atoms with Crippen LogP contribution < -0.4 is 9.44 Å². The van der Waals surface area contributed by atoms with Crippen molar-refractivity contribution in [1.82, 2.24) is 19.6 Å². The lowest BCUT2D eigenvalue weighted by Gasteiger charge is -2.35. The van der Waals surface area contributed by atoms with Gasteiger partial charge in [0.05, 0.1) is 24.7 Å². The number of likely N-dealkylation sites (tertiary alicyclic amines) is 4. The predicted molar refractivity (Wildman–Crippen MR) is 225 cm³/mol. The lowest BCUT2D eigenvalue weighted by atomic mass is 10.1. The number of aliphatic hydroxyl groups excluding tert-OH is 2. The van der Waals surface area contributed by atoms with E-state index in [0.717, 1.165) is 75.7 Å². The summed E-state index contributed by atoms with van der Waals surface area (Å²) < 4.78 is 50.1. The van der Waals surface area contributed by atoms with Gasteiger partial charge < -0.3 is 15.7 Å². The van der Waals surface area contributed by atoms with Crippen molar-refractivity contribution in [2.75, 3.05) is 61.2 Å². The van der Waals surface area contributed by atoms with E-state index in [1.807, 2.05) is 12.1 Å². The van der Waals surface area contributed by atoms with Crippen molar-refractivity contribution in [1.29, 1.82) is 0 Å². The Morgan fingerprint density at radius 2 is 0.842 bits per heavy atom. The summed E-state index contributed by atoms with van der Waals surface area (Å²) in [4.78, 5) is 9.88. The Hall–Kier alpha value is -3.90. The second kappa shape index (κ2) is 18.4. The molecule has 4 aliphatic heterocycles.